The molecule has 2 N–H and O–H groups in total. The number of ether oxygens (including phenoxy) is 1. The number of benzene rings is 2. The molecule has 1 fully saturated rings. The van der Waals surface area contributed by atoms with Crippen LogP contribution in [0.2, 0.25) is 0 Å². The van der Waals surface area contributed by atoms with Gasteiger partial charge in [-0.2, -0.15) is 0 Å². The quantitative estimate of drug-likeness (QED) is 0.635. The number of hydrogen-bond donors (Lipinski definition) is 2. The Balaban J connectivity index is 1.50. The molecule has 3 amide bonds. The van der Waals surface area contributed by atoms with Crippen molar-refractivity contribution in [3.63, 3.8) is 0 Å². The van der Waals surface area contributed by atoms with Crippen molar-refractivity contribution in [1.82, 2.24) is 14.8 Å². The van der Waals surface area contributed by atoms with Gasteiger partial charge in [-0.25, -0.2) is 4.79 Å². The maximum atomic E-state index is 12.7. The van der Waals surface area contributed by atoms with Gasteiger partial charge in [0.2, 0.25) is 5.91 Å². The molecule has 7 nitrogen and oxygen atoms in total. The van der Waals surface area contributed by atoms with Crippen LogP contribution in [0.25, 0.3) is 10.9 Å². The zero-order valence-electron chi connectivity index (χ0n) is 18.0. The monoisotopic (exact) mass is 420 g/mol. The molecule has 1 saturated heterocycles. The van der Waals surface area contributed by atoms with Gasteiger partial charge in [0.05, 0.1) is 7.11 Å². The van der Waals surface area contributed by atoms with Crippen LogP contribution in [0.15, 0.2) is 48.7 Å². The molecule has 162 valence electrons. The van der Waals surface area contributed by atoms with Gasteiger partial charge in [-0.15, -0.1) is 0 Å². The molecule has 0 spiro atoms. The highest BCUT2D eigenvalue weighted by Crippen LogP contribution is 2.26. The van der Waals surface area contributed by atoms with E-state index in [1.165, 1.54) is 0 Å². The molecule has 0 unspecified atom stereocenters. The smallest absolute Gasteiger partial charge is 0.319 e. The molecule has 1 aliphatic heterocycles. The number of fused-ring (bicyclic) bond motifs is 1. The van der Waals surface area contributed by atoms with Gasteiger partial charge < -0.3 is 24.8 Å². The zero-order valence-corrected chi connectivity index (χ0v) is 18.0. The molecule has 7 heteroatoms. The Kier molecular flexibility index (Phi) is 6.11. The number of nitrogens with zero attached hydrogens (tertiary/aromatic N) is 2. The van der Waals surface area contributed by atoms with Crippen molar-refractivity contribution in [2.75, 3.05) is 25.5 Å². The SMILES string of the molecule is COc1ccc2c(c1)c(CNC(=O)Nc1ccc(C)cc1)cn2CC(=O)N1CCCC1. The molecule has 2 aromatic carbocycles. The lowest BCUT2D eigenvalue weighted by Crippen LogP contribution is -2.30. The highest BCUT2D eigenvalue weighted by atomic mass is 16.5. The summed E-state index contributed by atoms with van der Waals surface area (Å²) in [5.74, 6) is 0.864. The number of methoxy groups -OCH3 is 1. The summed E-state index contributed by atoms with van der Waals surface area (Å²) in [6.07, 6.45) is 4.09. The Hall–Kier alpha value is -3.48. The van der Waals surface area contributed by atoms with Crippen molar-refractivity contribution < 1.29 is 14.3 Å². The first-order chi connectivity index (χ1) is 15.0. The zero-order chi connectivity index (χ0) is 21.8. The van der Waals surface area contributed by atoms with Crippen molar-refractivity contribution in [1.29, 1.82) is 0 Å². The minimum absolute atomic E-state index is 0.127. The van der Waals surface area contributed by atoms with Gasteiger partial charge in [0, 0.05) is 42.4 Å². The summed E-state index contributed by atoms with van der Waals surface area (Å²) in [7, 11) is 1.63. The Morgan fingerprint density at radius 2 is 1.81 bits per heavy atom. The second-order valence-electron chi connectivity index (χ2n) is 7.93. The van der Waals surface area contributed by atoms with E-state index >= 15 is 0 Å². The molecule has 4 rings (SSSR count). The van der Waals surface area contributed by atoms with Crippen LogP contribution in [0.5, 0.6) is 5.75 Å². The summed E-state index contributed by atoms with van der Waals surface area (Å²) in [6.45, 7) is 4.30. The number of aryl methyl sites for hydroxylation is 1. The lowest BCUT2D eigenvalue weighted by Gasteiger charge is -2.16. The second kappa shape index (κ2) is 9.12. The van der Waals surface area contributed by atoms with E-state index in [9.17, 15) is 9.59 Å². The van der Waals surface area contributed by atoms with Crippen LogP contribution >= 0.6 is 0 Å². The Labute approximate surface area is 182 Å². The molecule has 0 saturated carbocycles. The number of urea groups is 1. The van der Waals surface area contributed by atoms with Gasteiger partial charge in [0.1, 0.15) is 12.3 Å². The van der Waals surface area contributed by atoms with E-state index in [-0.39, 0.29) is 11.9 Å². The lowest BCUT2D eigenvalue weighted by molar-refractivity contribution is -0.130. The van der Waals surface area contributed by atoms with Crippen LogP contribution < -0.4 is 15.4 Å². The predicted octanol–water partition coefficient (Wildman–Crippen LogP) is 3.90. The minimum Gasteiger partial charge on any atom is -0.497 e. The average Bonchev–Trinajstić information content (AvgIpc) is 3.42. The first kappa shape index (κ1) is 20.8. The Bertz CT molecular complexity index is 1080. The molecule has 0 atom stereocenters. The van der Waals surface area contributed by atoms with Crippen LogP contribution in [0.3, 0.4) is 0 Å². The maximum Gasteiger partial charge on any atom is 0.319 e. The van der Waals surface area contributed by atoms with Crippen molar-refractivity contribution in [2.45, 2.75) is 32.9 Å². The molecule has 0 radical (unpaired) electrons. The van der Waals surface area contributed by atoms with Gasteiger partial charge in [-0.3, -0.25) is 4.79 Å². The summed E-state index contributed by atoms with van der Waals surface area (Å²) in [5.41, 5.74) is 3.76. The van der Waals surface area contributed by atoms with Gasteiger partial charge in [-0.1, -0.05) is 17.7 Å². The number of anilines is 1. The van der Waals surface area contributed by atoms with E-state index in [0.717, 1.165) is 59.4 Å². The highest BCUT2D eigenvalue weighted by molar-refractivity contribution is 5.91. The van der Waals surface area contributed by atoms with E-state index in [1.54, 1.807) is 7.11 Å². The average molecular weight is 421 g/mol. The topological polar surface area (TPSA) is 75.6 Å². The van der Waals surface area contributed by atoms with E-state index in [0.29, 0.717) is 13.1 Å². The Morgan fingerprint density at radius 1 is 1.06 bits per heavy atom. The van der Waals surface area contributed by atoms with E-state index in [4.69, 9.17) is 4.74 Å². The first-order valence-electron chi connectivity index (χ1n) is 10.6. The fourth-order valence-electron chi connectivity index (χ4n) is 3.95. The summed E-state index contributed by atoms with van der Waals surface area (Å²) in [6, 6.07) is 13.2. The highest BCUT2D eigenvalue weighted by Gasteiger charge is 2.20. The summed E-state index contributed by atoms with van der Waals surface area (Å²) >= 11 is 0. The fourth-order valence-corrected chi connectivity index (χ4v) is 3.95. The van der Waals surface area contributed by atoms with Crippen LogP contribution in [0.1, 0.15) is 24.0 Å². The van der Waals surface area contributed by atoms with E-state index in [2.05, 4.69) is 10.6 Å². The predicted molar refractivity (Wildman–Crippen MR) is 121 cm³/mol. The molecule has 2 heterocycles. The molecular weight excluding hydrogens is 392 g/mol. The van der Waals surface area contributed by atoms with Crippen LogP contribution in [-0.2, 0) is 17.9 Å². The maximum absolute atomic E-state index is 12.7. The largest absolute Gasteiger partial charge is 0.497 e. The third-order valence-corrected chi connectivity index (χ3v) is 5.68. The third-order valence-electron chi connectivity index (χ3n) is 5.68. The second-order valence-corrected chi connectivity index (χ2v) is 7.93. The molecule has 0 aliphatic carbocycles. The van der Waals surface area contributed by atoms with Gasteiger partial charge in [0.25, 0.3) is 0 Å². The number of aromatic nitrogens is 1. The molecule has 1 aliphatic rings. The minimum atomic E-state index is -0.277. The molecule has 31 heavy (non-hydrogen) atoms. The number of rotatable bonds is 6. The van der Waals surface area contributed by atoms with Crippen LogP contribution in [-0.4, -0.2) is 41.6 Å². The summed E-state index contributed by atoms with van der Waals surface area (Å²) in [5, 5.41) is 6.72. The van der Waals surface area contributed by atoms with E-state index < -0.39 is 0 Å². The van der Waals surface area contributed by atoms with E-state index in [1.807, 2.05) is 65.1 Å². The molecule has 3 aromatic rings. The van der Waals surface area contributed by atoms with Gasteiger partial charge in [0.15, 0.2) is 0 Å². The fraction of sp³-hybridized carbons (Fsp3) is 0.333. The number of hydrogen-bond acceptors (Lipinski definition) is 3. The van der Waals surface area contributed by atoms with Crippen molar-refractivity contribution >= 4 is 28.5 Å². The molecular formula is C24H28N4O3. The van der Waals surface area contributed by atoms with Crippen LogP contribution in [0, 0.1) is 6.92 Å². The lowest BCUT2D eigenvalue weighted by atomic mass is 10.1. The van der Waals surface area contributed by atoms with Crippen molar-refractivity contribution in [3.8, 4) is 5.75 Å². The third kappa shape index (κ3) is 4.82. The van der Waals surface area contributed by atoms with Gasteiger partial charge >= 0.3 is 6.03 Å². The first-order valence-corrected chi connectivity index (χ1v) is 10.6. The molecule has 1 aromatic heterocycles. The number of amides is 3. The Morgan fingerprint density at radius 3 is 2.52 bits per heavy atom. The van der Waals surface area contributed by atoms with Gasteiger partial charge in [-0.05, 0) is 55.7 Å². The summed E-state index contributed by atoms with van der Waals surface area (Å²) < 4.78 is 7.34. The number of carbonyl (C=O) groups is 2. The normalized spacial score (nSPS) is 13.4. The summed E-state index contributed by atoms with van der Waals surface area (Å²) in [4.78, 5) is 27.0. The number of nitrogens with one attached hydrogen (secondary N) is 2. The van der Waals surface area contributed by atoms with Crippen LogP contribution in [0.4, 0.5) is 10.5 Å². The standard InChI is InChI=1S/C24H28N4O3/c1-17-5-7-19(8-6-17)26-24(30)25-14-18-15-28(16-23(29)27-11-3-4-12-27)22-10-9-20(31-2)13-21(18)22/h5-10,13,15H,3-4,11-12,14,16H2,1-2H3,(H2,25,26,30). The molecule has 0 bridgehead atoms. The number of likely N-dealkylation sites (tertiary alicyclic amines) is 1. The van der Waals surface area contributed by atoms with Crippen molar-refractivity contribution in [3.05, 3.63) is 59.8 Å². The van der Waals surface area contributed by atoms with Crippen molar-refractivity contribution in [2.24, 2.45) is 0 Å². The number of carbonyl (C=O) groups excluding carboxylic acids is 2.